The van der Waals surface area contributed by atoms with Crippen LogP contribution in [0.2, 0.25) is 0 Å². The van der Waals surface area contributed by atoms with Gasteiger partial charge in [0.25, 0.3) is 0 Å². The van der Waals surface area contributed by atoms with Crippen molar-refractivity contribution in [3.05, 3.63) is 48.0 Å². The van der Waals surface area contributed by atoms with E-state index in [1.54, 1.807) is 4.68 Å². The molecule has 0 fully saturated rings. The Kier molecular flexibility index (Phi) is 2.75. The summed E-state index contributed by atoms with van der Waals surface area (Å²) in [4.78, 5) is 0. The first kappa shape index (κ1) is 11.8. The van der Waals surface area contributed by atoms with Crippen LogP contribution in [0, 0.1) is 0 Å². The molecule has 0 bridgehead atoms. The largest absolute Gasteiger partial charge is 0.384 e. The van der Waals surface area contributed by atoms with Crippen molar-refractivity contribution in [2.45, 2.75) is 13.3 Å². The molecular formula is C16H17N3. The maximum absolute atomic E-state index is 6.06. The summed E-state index contributed by atoms with van der Waals surface area (Å²) in [5, 5.41) is 7.02. The second kappa shape index (κ2) is 4.43. The molecule has 2 aromatic carbocycles. The Morgan fingerprint density at radius 3 is 2.58 bits per heavy atom. The van der Waals surface area contributed by atoms with Crippen molar-refractivity contribution < 1.29 is 0 Å². The van der Waals surface area contributed by atoms with Crippen molar-refractivity contribution in [1.29, 1.82) is 0 Å². The van der Waals surface area contributed by atoms with Crippen molar-refractivity contribution in [3.8, 4) is 11.3 Å². The Morgan fingerprint density at radius 2 is 1.84 bits per heavy atom. The van der Waals surface area contributed by atoms with Gasteiger partial charge in [0.2, 0.25) is 0 Å². The van der Waals surface area contributed by atoms with Gasteiger partial charge in [-0.25, -0.2) is 0 Å². The first-order valence-electron chi connectivity index (χ1n) is 6.51. The highest BCUT2D eigenvalue weighted by Gasteiger charge is 2.13. The predicted molar refractivity (Wildman–Crippen MR) is 79.9 cm³/mol. The van der Waals surface area contributed by atoms with E-state index in [-0.39, 0.29) is 0 Å². The van der Waals surface area contributed by atoms with Gasteiger partial charge in [0.15, 0.2) is 0 Å². The van der Waals surface area contributed by atoms with Crippen LogP contribution in [0.5, 0.6) is 0 Å². The lowest BCUT2D eigenvalue weighted by molar-refractivity contribution is 0.782. The Labute approximate surface area is 112 Å². The molecule has 0 atom stereocenters. The normalized spacial score (nSPS) is 11.1. The van der Waals surface area contributed by atoms with Gasteiger partial charge in [-0.05, 0) is 23.3 Å². The number of aromatic nitrogens is 2. The minimum Gasteiger partial charge on any atom is -0.384 e. The summed E-state index contributed by atoms with van der Waals surface area (Å²) in [5.41, 5.74) is 9.31. The number of anilines is 1. The standard InChI is InChI=1S/C16H17N3/c1-3-14-15(18-19(2)16(14)17)13-9-8-11-6-4-5-7-12(11)10-13/h4-10H,3,17H2,1-2H3. The third-order valence-electron chi connectivity index (χ3n) is 3.57. The van der Waals surface area contributed by atoms with Gasteiger partial charge in [0, 0.05) is 18.2 Å². The minimum absolute atomic E-state index is 0.755. The summed E-state index contributed by atoms with van der Waals surface area (Å²) in [5.74, 6) is 0.755. The van der Waals surface area contributed by atoms with E-state index in [4.69, 9.17) is 5.73 Å². The maximum atomic E-state index is 6.06. The third-order valence-corrected chi connectivity index (χ3v) is 3.57. The number of fused-ring (bicyclic) bond motifs is 1. The van der Waals surface area contributed by atoms with E-state index in [0.717, 1.165) is 29.1 Å². The third kappa shape index (κ3) is 1.87. The van der Waals surface area contributed by atoms with Gasteiger partial charge in [0.05, 0.1) is 5.69 Å². The zero-order valence-corrected chi connectivity index (χ0v) is 11.2. The number of nitrogen functional groups attached to an aromatic ring is 1. The van der Waals surface area contributed by atoms with Crippen molar-refractivity contribution >= 4 is 16.6 Å². The number of hydrogen-bond acceptors (Lipinski definition) is 2. The van der Waals surface area contributed by atoms with Crippen LogP contribution in [-0.4, -0.2) is 9.78 Å². The molecular weight excluding hydrogens is 234 g/mol. The Bertz CT molecular complexity index is 741. The molecule has 0 spiro atoms. The molecule has 0 aliphatic rings. The molecule has 3 heteroatoms. The van der Waals surface area contributed by atoms with Crippen LogP contribution in [0.25, 0.3) is 22.0 Å². The average molecular weight is 251 g/mol. The van der Waals surface area contributed by atoms with Crippen LogP contribution in [0.15, 0.2) is 42.5 Å². The zero-order valence-electron chi connectivity index (χ0n) is 11.2. The fourth-order valence-electron chi connectivity index (χ4n) is 2.50. The van der Waals surface area contributed by atoms with Gasteiger partial charge in [-0.1, -0.05) is 43.3 Å². The molecule has 0 radical (unpaired) electrons. The van der Waals surface area contributed by atoms with Crippen molar-refractivity contribution in [2.24, 2.45) is 7.05 Å². The molecule has 2 N–H and O–H groups in total. The molecule has 1 heterocycles. The number of rotatable bonds is 2. The van der Waals surface area contributed by atoms with E-state index in [9.17, 15) is 0 Å². The monoisotopic (exact) mass is 251 g/mol. The van der Waals surface area contributed by atoms with Crippen LogP contribution < -0.4 is 5.73 Å². The topological polar surface area (TPSA) is 43.8 Å². The van der Waals surface area contributed by atoms with E-state index in [2.05, 4.69) is 54.5 Å². The molecule has 3 aromatic rings. The lowest BCUT2D eigenvalue weighted by Crippen LogP contribution is -1.98. The molecule has 0 saturated carbocycles. The summed E-state index contributed by atoms with van der Waals surface area (Å²) in [6.07, 6.45) is 0.891. The molecule has 19 heavy (non-hydrogen) atoms. The highest BCUT2D eigenvalue weighted by atomic mass is 15.3. The predicted octanol–water partition coefficient (Wildman–Crippen LogP) is 3.38. The number of nitrogens with zero attached hydrogens (tertiary/aromatic N) is 2. The molecule has 3 rings (SSSR count). The molecule has 3 nitrogen and oxygen atoms in total. The number of nitrogens with two attached hydrogens (primary N) is 1. The fourth-order valence-corrected chi connectivity index (χ4v) is 2.50. The van der Waals surface area contributed by atoms with E-state index in [0.29, 0.717) is 0 Å². The fraction of sp³-hybridized carbons (Fsp3) is 0.188. The summed E-state index contributed by atoms with van der Waals surface area (Å²) in [6, 6.07) is 14.8. The minimum atomic E-state index is 0.755. The summed E-state index contributed by atoms with van der Waals surface area (Å²) < 4.78 is 1.75. The van der Waals surface area contributed by atoms with Crippen LogP contribution in [-0.2, 0) is 13.5 Å². The lowest BCUT2D eigenvalue weighted by Gasteiger charge is -2.03. The maximum Gasteiger partial charge on any atom is 0.125 e. The van der Waals surface area contributed by atoms with E-state index < -0.39 is 0 Å². The van der Waals surface area contributed by atoms with Crippen LogP contribution in [0.3, 0.4) is 0 Å². The van der Waals surface area contributed by atoms with Gasteiger partial charge in [0.1, 0.15) is 5.82 Å². The van der Waals surface area contributed by atoms with Crippen molar-refractivity contribution in [2.75, 3.05) is 5.73 Å². The molecule has 0 amide bonds. The SMILES string of the molecule is CCc1c(-c2ccc3ccccc3c2)nn(C)c1N. The number of hydrogen-bond donors (Lipinski definition) is 1. The van der Waals surface area contributed by atoms with Gasteiger partial charge >= 0.3 is 0 Å². The van der Waals surface area contributed by atoms with Gasteiger partial charge < -0.3 is 5.73 Å². The molecule has 0 saturated heterocycles. The van der Waals surface area contributed by atoms with Gasteiger partial charge in [-0.15, -0.1) is 0 Å². The van der Waals surface area contributed by atoms with Gasteiger partial charge in [-0.3, -0.25) is 4.68 Å². The van der Waals surface area contributed by atoms with E-state index in [1.807, 2.05) is 7.05 Å². The number of aryl methyl sites for hydroxylation is 1. The second-order valence-corrected chi connectivity index (χ2v) is 4.75. The molecule has 0 aliphatic heterocycles. The zero-order chi connectivity index (χ0) is 13.4. The van der Waals surface area contributed by atoms with Crippen molar-refractivity contribution in [3.63, 3.8) is 0 Å². The first-order valence-corrected chi connectivity index (χ1v) is 6.51. The molecule has 0 unspecified atom stereocenters. The smallest absolute Gasteiger partial charge is 0.125 e. The highest BCUT2D eigenvalue weighted by molar-refractivity contribution is 5.87. The van der Waals surface area contributed by atoms with Gasteiger partial charge in [-0.2, -0.15) is 5.10 Å². The summed E-state index contributed by atoms with van der Waals surface area (Å²) in [7, 11) is 1.89. The van der Waals surface area contributed by atoms with E-state index in [1.165, 1.54) is 10.8 Å². The summed E-state index contributed by atoms with van der Waals surface area (Å²) in [6.45, 7) is 2.11. The first-order chi connectivity index (χ1) is 9.20. The summed E-state index contributed by atoms with van der Waals surface area (Å²) >= 11 is 0. The van der Waals surface area contributed by atoms with Crippen LogP contribution in [0.1, 0.15) is 12.5 Å². The average Bonchev–Trinajstić information content (AvgIpc) is 2.74. The quantitative estimate of drug-likeness (QED) is 0.758. The number of benzene rings is 2. The van der Waals surface area contributed by atoms with Crippen molar-refractivity contribution in [1.82, 2.24) is 9.78 Å². The highest BCUT2D eigenvalue weighted by Crippen LogP contribution is 2.29. The molecule has 0 aliphatic carbocycles. The van der Waals surface area contributed by atoms with E-state index >= 15 is 0 Å². The second-order valence-electron chi connectivity index (χ2n) is 4.75. The lowest BCUT2D eigenvalue weighted by atomic mass is 10.0. The Morgan fingerprint density at radius 1 is 1.11 bits per heavy atom. The Balaban J connectivity index is 2.21. The molecule has 96 valence electrons. The Hall–Kier alpha value is -2.29. The molecule has 1 aromatic heterocycles. The van der Waals surface area contributed by atoms with Crippen LogP contribution >= 0.6 is 0 Å². The van der Waals surface area contributed by atoms with Crippen LogP contribution in [0.4, 0.5) is 5.82 Å².